The molecule has 0 bridgehead atoms. The zero-order valence-electron chi connectivity index (χ0n) is 18.6. The van der Waals surface area contributed by atoms with Crippen molar-refractivity contribution in [1.29, 1.82) is 0 Å². The number of rotatable bonds is 5. The molecule has 0 unspecified atom stereocenters. The standard InChI is InChI=1S/C23H31N5O3S/c1-17-15-22(26-23(24-17)25-19-5-3-2-4-6-19)27-10-12-28(13-11-27)32(29,30)20-7-8-21-18(16-20)9-14-31-21/h7-8,15-16,19H,2-6,9-14H2,1H3,(H,24,25,26). The number of benzene rings is 1. The van der Waals surface area contributed by atoms with E-state index in [1.54, 1.807) is 22.5 Å². The molecule has 172 valence electrons. The second-order valence-electron chi connectivity index (χ2n) is 8.93. The van der Waals surface area contributed by atoms with Crippen LogP contribution < -0.4 is 15.0 Å². The minimum Gasteiger partial charge on any atom is -0.493 e. The molecule has 32 heavy (non-hydrogen) atoms. The van der Waals surface area contributed by atoms with Gasteiger partial charge >= 0.3 is 0 Å². The lowest BCUT2D eigenvalue weighted by Crippen LogP contribution is -2.49. The van der Waals surface area contributed by atoms with Crippen LogP contribution in [0.25, 0.3) is 0 Å². The van der Waals surface area contributed by atoms with Crippen molar-refractivity contribution >= 4 is 21.8 Å². The summed E-state index contributed by atoms with van der Waals surface area (Å²) < 4.78 is 33.5. The van der Waals surface area contributed by atoms with Crippen molar-refractivity contribution in [3.05, 3.63) is 35.5 Å². The van der Waals surface area contributed by atoms with Crippen molar-refractivity contribution in [3.8, 4) is 5.75 Å². The summed E-state index contributed by atoms with van der Waals surface area (Å²) in [5.41, 5.74) is 1.89. The fraction of sp³-hybridized carbons (Fsp3) is 0.565. The van der Waals surface area contributed by atoms with Crippen LogP contribution >= 0.6 is 0 Å². The van der Waals surface area contributed by atoms with E-state index in [2.05, 4.69) is 15.2 Å². The monoisotopic (exact) mass is 457 g/mol. The Hall–Kier alpha value is -2.39. The summed E-state index contributed by atoms with van der Waals surface area (Å²) in [4.78, 5) is 11.8. The van der Waals surface area contributed by atoms with Gasteiger partial charge in [-0.2, -0.15) is 9.29 Å². The molecule has 2 fully saturated rings. The van der Waals surface area contributed by atoms with Crippen LogP contribution in [-0.2, 0) is 16.4 Å². The Morgan fingerprint density at radius 1 is 1.03 bits per heavy atom. The van der Waals surface area contributed by atoms with Crippen LogP contribution in [0.3, 0.4) is 0 Å². The molecule has 1 aliphatic carbocycles. The number of fused-ring (bicyclic) bond motifs is 1. The van der Waals surface area contributed by atoms with Gasteiger partial charge < -0.3 is 15.0 Å². The van der Waals surface area contributed by atoms with Crippen LogP contribution in [0.5, 0.6) is 5.75 Å². The molecule has 0 amide bonds. The van der Waals surface area contributed by atoms with E-state index in [1.807, 2.05) is 13.0 Å². The summed E-state index contributed by atoms with van der Waals surface area (Å²) in [7, 11) is -3.52. The van der Waals surface area contributed by atoms with Crippen molar-refractivity contribution in [2.75, 3.05) is 43.0 Å². The van der Waals surface area contributed by atoms with Gasteiger partial charge in [-0.3, -0.25) is 0 Å². The predicted molar refractivity (Wildman–Crippen MR) is 124 cm³/mol. The maximum atomic E-state index is 13.2. The molecular weight excluding hydrogens is 426 g/mol. The van der Waals surface area contributed by atoms with Crippen LogP contribution in [0.4, 0.5) is 11.8 Å². The first kappa shape index (κ1) is 21.5. The molecule has 2 aliphatic heterocycles. The van der Waals surface area contributed by atoms with Gasteiger partial charge in [0, 0.05) is 50.4 Å². The Bertz CT molecular complexity index is 1080. The van der Waals surface area contributed by atoms with Crippen molar-refractivity contribution in [2.45, 2.75) is 56.4 Å². The molecule has 1 saturated heterocycles. The number of hydrogen-bond donors (Lipinski definition) is 1. The average molecular weight is 458 g/mol. The van der Waals surface area contributed by atoms with Crippen molar-refractivity contribution < 1.29 is 13.2 Å². The van der Waals surface area contributed by atoms with Gasteiger partial charge in [0.2, 0.25) is 16.0 Å². The minimum atomic E-state index is -3.52. The molecule has 1 aromatic carbocycles. The second kappa shape index (κ2) is 8.86. The minimum absolute atomic E-state index is 0.354. The number of aryl methyl sites for hydroxylation is 1. The first-order valence-corrected chi connectivity index (χ1v) is 13.1. The third-order valence-corrected chi connectivity index (χ3v) is 8.54. The largest absolute Gasteiger partial charge is 0.493 e. The zero-order valence-corrected chi connectivity index (χ0v) is 19.4. The number of piperazine rings is 1. The summed E-state index contributed by atoms with van der Waals surface area (Å²) in [5.74, 6) is 2.34. The highest BCUT2D eigenvalue weighted by molar-refractivity contribution is 7.89. The molecule has 2 aromatic rings. The molecule has 0 atom stereocenters. The molecule has 3 heterocycles. The van der Waals surface area contributed by atoms with Gasteiger partial charge in [-0.1, -0.05) is 19.3 Å². The van der Waals surface area contributed by atoms with E-state index in [4.69, 9.17) is 9.72 Å². The Balaban J connectivity index is 1.26. The number of ether oxygens (including phenoxy) is 1. The number of nitrogens with zero attached hydrogens (tertiary/aromatic N) is 4. The molecule has 1 saturated carbocycles. The summed E-state index contributed by atoms with van der Waals surface area (Å²) in [6, 6.07) is 7.62. The van der Waals surface area contributed by atoms with E-state index in [1.165, 1.54) is 19.3 Å². The van der Waals surface area contributed by atoms with Gasteiger partial charge in [-0.15, -0.1) is 0 Å². The topological polar surface area (TPSA) is 87.7 Å². The normalized spacial score (nSPS) is 20.1. The van der Waals surface area contributed by atoms with Crippen LogP contribution in [0.1, 0.15) is 43.4 Å². The van der Waals surface area contributed by atoms with Crippen molar-refractivity contribution in [2.24, 2.45) is 0 Å². The maximum absolute atomic E-state index is 13.2. The summed E-state index contributed by atoms with van der Waals surface area (Å²) in [6.07, 6.45) is 6.91. The summed E-state index contributed by atoms with van der Waals surface area (Å²) >= 11 is 0. The first-order chi connectivity index (χ1) is 15.5. The highest BCUT2D eigenvalue weighted by Gasteiger charge is 2.30. The lowest BCUT2D eigenvalue weighted by Gasteiger charge is -2.35. The third-order valence-electron chi connectivity index (χ3n) is 6.64. The van der Waals surface area contributed by atoms with Crippen LogP contribution in [0, 0.1) is 6.92 Å². The smallest absolute Gasteiger partial charge is 0.243 e. The molecule has 1 aromatic heterocycles. The van der Waals surface area contributed by atoms with Crippen LogP contribution in [0.2, 0.25) is 0 Å². The van der Waals surface area contributed by atoms with Gasteiger partial charge in [-0.25, -0.2) is 13.4 Å². The van der Waals surface area contributed by atoms with E-state index >= 15 is 0 Å². The van der Waals surface area contributed by atoms with Gasteiger partial charge in [-0.05, 0) is 43.5 Å². The number of hydrogen-bond acceptors (Lipinski definition) is 7. The fourth-order valence-electron chi connectivity index (χ4n) is 4.84. The quantitative estimate of drug-likeness (QED) is 0.738. The lowest BCUT2D eigenvalue weighted by molar-refractivity contribution is 0.356. The van der Waals surface area contributed by atoms with Crippen molar-refractivity contribution in [3.63, 3.8) is 0 Å². The summed E-state index contributed by atoms with van der Waals surface area (Å²) in [5, 5.41) is 3.51. The fourth-order valence-corrected chi connectivity index (χ4v) is 6.31. The predicted octanol–water partition coefficient (Wildman–Crippen LogP) is 2.98. The summed E-state index contributed by atoms with van der Waals surface area (Å²) in [6.45, 7) is 4.68. The number of anilines is 2. The van der Waals surface area contributed by atoms with E-state index in [0.29, 0.717) is 49.7 Å². The van der Waals surface area contributed by atoms with Crippen molar-refractivity contribution in [1.82, 2.24) is 14.3 Å². The first-order valence-electron chi connectivity index (χ1n) is 11.6. The number of sulfonamides is 1. The highest BCUT2D eigenvalue weighted by Crippen LogP contribution is 2.29. The Morgan fingerprint density at radius 2 is 1.81 bits per heavy atom. The molecule has 5 rings (SSSR count). The van der Waals surface area contributed by atoms with Gasteiger partial charge in [0.25, 0.3) is 0 Å². The molecule has 9 heteroatoms. The number of aromatic nitrogens is 2. The molecule has 0 radical (unpaired) electrons. The lowest BCUT2D eigenvalue weighted by atomic mass is 9.96. The van der Waals surface area contributed by atoms with E-state index < -0.39 is 10.0 Å². The maximum Gasteiger partial charge on any atom is 0.243 e. The molecule has 3 aliphatic rings. The van der Waals surface area contributed by atoms with Crippen LogP contribution in [0.15, 0.2) is 29.2 Å². The number of nitrogens with one attached hydrogen (secondary N) is 1. The van der Waals surface area contributed by atoms with Gasteiger partial charge in [0.1, 0.15) is 11.6 Å². The van der Waals surface area contributed by atoms with E-state index in [0.717, 1.165) is 42.1 Å². The van der Waals surface area contributed by atoms with Gasteiger partial charge in [0.15, 0.2) is 0 Å². The third kappa shape index (κ3) is 4.41. The molecule has 1 N–H and O–H groups in total. The highest BCUT2D eigenvalue weighted by atomic mass is 32.2. The average Bonchev–Trinajstić information content (AvgIpc) is 3.27. The molecule has 0 spiro atoms. The molecular formula is C23H31N5O3S. The Kier molecular flexibility index (Phi) is 5.94. The zero-order chi connectivity index (χ0) is 22.1. The SMILES string of the molecule is Cc1cc(N2CCN(S(=O)(=O)c3ccc4c(c3)CCO4)CC2)nc(NC2CCCCC2)n1. The Labute approximate surface area is 190 Å². The van der Waals surface area contributed by atoms with E-state index in [9.17, 15) is 8.42 Å². The second-order valence-corrected chi connectivity index (χ2v) is 10.9. The van der Waals surface area contributed by atoms with Crippen LogP contribution in [-0.4, -0.2) is 61.5 Å². The van der Waals surface area contributed by atoms with E-state index in [-0.39, 0.29) is 0 Å². The van der Waals surface area contributed by atoms with Gasteiger partial charge in [0.05, 0.1) is 11.5 Å². The Morgan fingerprint density at radius 3 is 2.59 bits per heavy atom. The molecule has 8 nitrogen and oxygen atoms in total.